The van der Waals surface area contributed by atoms with Gasteiger partial charge >= 0.3 is 11.8 Å². The van der Waals surface area contributed by atoms with Gasteiger partial charge in [0, 0.05) is 25.7 Å². The van der Waals surface area contributed by atoms with Gasteiger partial charge in [-0.15, -0.1) is 0 Å². The lowest BCUT2D eigenvalue weighted by Gasteiger charge is -2.43. The summed E-state index contributed by atoms with van der Waals surface area (Å²) in [6, 6.07) is 2.28. The summed E-state index contributed by atoms with van der Waals surface area (Å²) >= 11 is 0. The third kappa shape index (κ3) is 3.20. The van der Waals surface area contributed by atoms with Crippen LogP contribution in [0.4, 0.5) is 0 Å². The van der Waals surface area contributed by atoms with Crippen molar-refractivity contribution in [2.75, 3.05) is 19.6 Å². The third-order valence-corrected chi connectivity index (χ3v) is 4.91. The highest BCUT2D eigenvalue weighted by Crippen LogP contribution is 2.35. The molecule has 0 spiro atoms. The van der Waals surface area contributed by atoms with Crippen molar-refractivity contribution in [2.24, 2.45) is 11.8 Å². The van der Waals surface area contributed by atoms with Crippen LogP contribution < -0.4 is 0 Å². The van der Waals surface area contributed by atoms with E-state index in [1.54, 1.807) is 9.80 Å². The van der Waals surface area contributed by atoms with Crippen LogP contribution in [0.3, 0.4) is 0 Å². The molecule has 1 aliphatic carbocycles. The molecule has 0 N–H and O–H groups in total. The van der Waals surface area contributed by atoms with Gasteiger partial charge in [-0.05, 0) is 32.1 Å². The zero-order chi connectivity index (χ0) is 15.4. The molecule has 0 aromatic rings. The maximum atomic E-state index is 12.3. The molecule has 1 aliphatic heterocycles. The molecular weight excluding hydrogens is 266 g/mol. The van der Waals surface area contributed by atoms with Crippen molar-refractivity contribution in [2.45, 2.75) is 52.0 Å². The molecular formula is C16H25N3O2. The van der Waals surface area contributed by atoms with Gasteiger partial charge in [0.15, 0.2) is 0 Å². The molecule has 3 atom stereocenters. The zero-order valence-corrected chi connectivity index (χ0v) is 13.0. The van der Waals surface area contributed by atoms with Crippen molar-refractivity contribution in [3.05, 3.63) is 0 Å². The minimum absolute atomic E-state index is 0.0734. The van der Waals surface area contributed by atoms with Crippen LogP contribution >= 0.6 is 0 Å². The zero-order valence-electron chi connectivity index (χ0n) is 13.0. The summed E-state index contributed by atoms with van der Waals surface area (Å²) in [4.78, 5) is 27.7. The van der Waals surface area contributed by atoms with Crippen molar-refractivity contribution >= 4 is 11.8 Å². The van der Waals surface area contributed by atoms with Crippen LogP contribution in [0.15, 0.2) is 0 Å². The van der Waals surface area contributed by atoms with Gasteiger partial charge in [-0.2, -0.15) is 5.26 Å². The molecule has 5 heteroatoms. The summed E-state index contributed by atoms with van der Waals surface area (Å²) < 4.78 is 0. The van der Waals surface area contributed by atoms with E-state index in [4.69, 9.17) is 0 Å². The molecule has 0 aromatic carbocycles. The number of likely N-dealkylation sites (N-methyl/N-ethyl adjacent to an activating group) is 1. The average molecular weight is 291 g/mol. The number of carbonyl (C=O) groups excluding carboxylic acids is 2. The quantitative estimate of drug-likeness (QED) is 0.742. The molecule has 116 valence electrons. The standard InChI is InChI=1S/C16H25N3O2/c1-3-5-12-6-7-13(11-17)14(10-12)19-9-8-18(4-2)15(20)16(19)21/h12-14H,3-10H2,1-2H3. The highest BCUT2D eigenvalue weighted by atomic mass is 16.2. The molecule has 1 saturated heterocycles. The molecule has 2 rings (SSSR count). The van der Waals surface area contributed by atoms with E-state index in [0.29, 0.717) is 25.6 Å². The number of carbonyl (C=O) groups is 2. The van der Waals surface area contributed by atoms with Crippen LogP contribution in [0.25, 0.3) is 0 Å². The molecule has 2 fully saturated rings. The second kappa shape index (κ2) is 6.93. The summed E-state index contributed by atoms with van der Waals surface area (Å²) in [5.74, 6) is -0.358. The van der Waals surface area contributed by atoms with Crippen molar-refractivity contribution in [1.82, 2.24) is 9.80 Å². The first-order valence-corrected chi connectivity index (χ1v) is 8.11. The highest BCUT2D eigenvalue weighted by Gasteiger charge is 2.41. The summed E-state index contributed by atoms with van der Waals surface area (Å²) in [5, 5.41) is 9.38. The summed E-state index contributed by atoms with van der Waals surface area (Å²) in [7, 11) is 0. The fraction of sp³-hybridized carbons (Fsp3) is 0.812. The van der Waals surface area contributed by atoms with Gasteiger partial charge in [0.05, 0.1) is 12.0 Å². The lowest BCUT2D eigenvalue weighted by atomic mass is 9.76. The summed E-state index contributed by atoms with van der Waals surface area (Å²) in [6.07, 6.45) is 5.06. The Morgan fingerprint density at radius 1 is 1.19 bits per heavy atom. The predicted octanol–water partition coefficient (Wildman–Crippen LogP) is 1.79. The van der Waals surface area contributed by atoms with Crippen molar-refractivity contribution in [3.63, 3.8) is 0 Å². The van der Waals surface area contributed by atoms with Gasteiger partial charge in [-0.25, -0.2) is 0 Å². The Kier molecular flexibility index (Phi) is 5.22. The molecule has 2 aliphatic rings. The second-order valence-electron chi connectivity index (χ2n) is 6.15. The Morgan fingerprint density at radius 3 is 2.57 bits per heavy atom. The Morgan fingerprint density at radius 2 is 1.95 bits per heavy atom. The van der Waals surface area contributed by atoms with E-state index in [1.165, 1.54) is 0 Å². The molecule has 0 aromatic heterocycles. The van der Waals surface area contributed by atoms with Gasteiger partial charge in [0.1, 0.15) is 0 Å². The van der Waals surface area contributed by atoms with Crippen LogP contribution in [-0.2, 0) is 9.59 Å². The molecule has 1 heterocycles. The topological polar surface area (TPSA) is 64.4 Å². The fourth-order valence-electron chi connectivity index (χ4n) is 3.70. The lowest BCUT2D eigenvalue weighted by molar-refractivity contribution is -0.159. The smallest absolute Gasteiger partial charge is 0.312 e. The van der Waals surface area contributed by atoms with Crippen LogP contribution in [0, 0.1) is 23.2 Å². The molecule has 2 amide bonds. The minimum Gasteiger partial charge on any atom is -0.333 e. The normalized spacial score (nSPS) is 30.4. The van der Waals surface area contributed by atoms with Crippen LogP contribution in [-0.4, -0.2) is 47.3 Å². The SMILES string of the molecule is CCCC1CCC(C#N)C(N2CCN(CC)C(=O)C2=O)C1. The molecule has 3 unspecified atom stereocenters. The van der Waals surface area contributed by atoms with Gasteiger partial charge in [0.25, 0.3) is 0 Å². The average Bonchev–Trinajstić information content (AvgIpc) is 2.50. The van der Waals surface area contributed by atoms with Crippen LogP contribution in [0.5, 0.6) is 0 Å². The number of hydrogen-bond donors (Lipinski definition) is 0. The Balaban J connectivity index is 2.12. The van der Waals surface area contributed by atoms with E-state index in [1.807, 2.05) is 6.92 Å². The van der Waals surface area contributed by atoms with E-state index in [9.17, 15) is 14.9 Å². The largest absolute Gasteiger partial charge is 0.333 e. The molecule has 0 radical (unpaired) electrons. The van der Waals surface area contributed by atoms with Crippen LogP contribution in [0.2, 0.25) is 0 Å². The Bertz CT molecular complexity index is 443. The number of amides is 2. The van der Waals surface area contributed by atoms with Gasteiger partial charge in [-0.1, -0.05) is 19.8 Å². The highest BCUT2D eigenvalue weighted by molar-refractivity contribution is 6.35. The van der Waals surface area contributed by atoms with Crippen molar-refractivity contribution < 1.29 is 9.59 Å². The predicted molar refractivity (Wildman–Crippen MR) is 79.1 cm³/mol. The monoisotopic (exact) mass is 291 g/mol. The number of piperazine rings is 1. The first-order valence-electron chi connectivity index (χ1n) is 8.11. The van der Waals surface area contributed by atoms with Crippen molar-refractivity contribution in [3.8, 4) is 6.07 Å². The number of nitriles is 1. The maximum absolute atomic E-state index is 12.3. The van der Waals surface area contributed by atoms with Crippen LogP contribution in [0.1, 0.15) is 46.0 Å². The van der Waals surface area contributed by atoms with Gasteiger partial charge in [-0.3, -0.25) is 9.59 Å². The number of hydrogen-bond acceptors (Lipinski definition) is 3. The molecule has 1 saturated carbocycles. The number of rotatable bonds is 4. The fourth-order valence-corrected chi connectivity index (χ4v) is 3.70. The van der Waals surface area contributed by atoms with E-state index in [-0.39, 0.29) is 12.0 Å². The summed E-state index contributed by atoms with van der Waals surface area (Å²) in [6.45, 7) is 5.79. The van der Waals surface area contributed by atoms with E-state index < -0.39 is 11.8 Å². The summed E-state index contributed by atoms with van der Waals surface area (Å²) in [5.41, 5.74) is 0. The number of nitrogens with zero attached hydrogens (tertiary/aromatic N) is 3. The lowest BCUT2D eigenvalue weighted by Crippen LogP contribution is -2.59. The molecule has 0 bridgehead atoms. The third-order valence-electron chi connectivity index (χ3n) is 4.91. The van der Waals surface area contributed by atoms with Gasteiger partial charge < -0.3 is 9.80 Å². The Hall–Kier alpha value is -1.57. The van der Waals surface area contributed by atoms with E-state index >= 15 is 0 Å². The van der Waals surface area contributed by atoms with Gasteiger partial charge in [0.2, 0.25) is 0 Å². The molecule has 21 heavy (non-hydrogen) atoms. The first-order chi connectivity index (χ1) is 10.1. The van der Waals surface area contributed by atoms with E-state index in [2.05, 4.69) is 13.0 Å². The van der Waals surface area contributed by atoms with E-state index in [0.717, 1.165) is 32.1 Å². The van der Waals surface area contributed by atoms with Crippen molar-refractivity contribution in [1.29, 1.82) is 5.26 Å². The second-order valence-corrected chi connectivity index (χ2v) is 6.15. The molecule has 5 nitrogen and oxygen atoms in total. The first kappa shape index (κ1) is 15.8. The maximum Gasteiger partial charge on any atom is 0.312 e. The minimum atomic E-state index is -0.412. The Labute approximate surface area is 126 Å².